The van der Waals surface area contributed by atoms with Gasteiger partial charge < -0.3 is 4.74 Å². The lowest BCUT2D eigenvalue weighted by Gasteiger charge is -2.07. The van der Waals surface area contributed by atoms with E-state index in [1.54, 1.807) is 6.07 Å². The molecule has 1 aromatic rings. The van der Waals surface area contributed by atoms with Crippen molar-refractivity contribution in [1.29, 1.82) is 0 Å². The molecule has 1 aliphatic heterocycles. The average Bonchev–Trinajstić information content (AvgIpc) is 2.40. The van der Waals surface area contributed by atoms with Gasteiger partial charge in [0.1, 0.15) is 5.75 Å². The summed E-state index contributed by atoms with van der Waals surface area (Å²) in [6, 6.07) is 5.36. The lowest BCUT2D eigenvalue weighted by Crippen LogP contribution is -2.28. The number of aryl methyl sites for hydroxylation is 1. The number of fused-ring (bicyclic) bond motifs is 1. The molecule has 0 fully saturated rings. The molecule has 0 atom stereocenters. The number of imide groups is 1. The van der Waals surface area contributed by atoms with E-state index < -0.39 is 0 Å². The van der Waals surface area contributed by atoms with Crippen LogP contribution in [0.4, 0.5) is 0 Å². The van der Waals surface area contributed by atoms with Gasteiger partial charge in [0.2, 0.25) is 5.91 Å². The second-order valence-corrected chi connectivity index (χ2v) is 3.63. The van der Waals surface area contributed by atoms with E-state index in [9.17, 15) is 9.59 Å². The largest absolute Gasteiger partial charge is 0.494 e. The van der Waals surface area contributed by atoms with Crippen molar-refractivity contribution in [2.75, 3.05) is 6.61 Å². The Morgan fingerprint density at radius 3 is 2.88 bits per heavy atom. The van der Waals surface area contributed by atoms with Gasteiger partial charge in [0.25, 0.3) is 5.91 Å². The van der Waals surface area contributed by atoms with Crippen molar-refractivity contribution in [1.82, 2.24) is 5.32 Å². The Morgan fingerprint density at radius 1 is 1.31 bits per heavy atom. The Bertz CT molecular complexity index is 440. The Balaban J connectivity index is 2.37. The van der Waals surface area contributed by atoms with Gasteiger partial charge in [-0.05, 0) is 31.0 Å². The molecule has 2 amide bonds. The number of ether oxygens (including phenoxy) is 1. The van der Waals surface area contributed by atoms with Crippen LogP contribution < -0.4 is 10.1 Å². The first kappa shape index (κ1) is 10.7. The van der Waals surface area contributed by atoms with E-state index in [1.807, 2.05) is 19.1 Å². The predicted molar refractivity (Wildman–Crippen MR) is 58.4 cm³/mol. The van der Waals surface area contributed by atoms with Crippen LogP contribution in [0, 0.1) is 0 Å². The van der Waals surface area contributed by atoms with Crippen LogP contribution in [0.1, 0.15) is 29.3 Å². The van der Waals surface area contributed by atoms with Crippen molar-refractivity contribution in [3.05, 3.63) is 29.3 Å². The van der Waals surface area contributed by atoms with Gasteiger partial charge in [-0.15, -0.1) is 0 Å². The van der Waals surface area contributed by atoms with E-state index in [1.165, 1.54) is 0 Å². The number of amides is 2. The van der Waals surface area contributed by atoms with E-state index in [0.29, 0.717) is 30.8 Å². The molecule has 0 radical (unpaired) electrons. The molecule has 4 nitrogen and oxygen atoms in total. The second kappa shape index (κ2) is 4.35. The Kier molecular flexibility index (Phi) is 2.90. The fraction of sp³-hybridized carbons (Fsp3) is 0.333. The molecular weight excluding hydrogens is 206 g/mol. The monoisotopic (exact) mass is 219 g/mol. The highest BCUT2D eigenvalue weighted by Gasteiger charge is 2.19. The first-order valence-corrected chi connectivity index (χ1v) is 5.30. The molecule has 0 saturated heterocycles. The minimum Gasteiger partial charge on any atom is -0.494 e. The van der Waals surface area contributed by atoms with Gasteiger partial charge in [-0.1, -0.05) is 6.07 Å². The quantitative estimate of drug-likeness (QED) is 0.762. The molecule has 0 unspecified atom stereocenters. The standard InChI is InChI=1S/C12H13NO3/c1-2-16-9-5-3-8-4-6-11(14)13-12(15)10(8)7-9/h3,5,7H,2,4,6H2,1H3,(H,13,14,15). The molecule has 1 aromatic carbocycles. The smallest absolute Gasteiger partial charge is 0.258 e. The van der Waals surface area contributed by atoms with Crippen LogP contribution in [-0.4, -0.2) is 18.4 Å². The number of carbonyl (C=O) groups excluding carboxylic acids is 2. The summed E-state index contributed by atoms with van der Waals surface area (Å²) in [5, 5.41) is 2.33. The third kappa shape index (κ3) is 2.05. The van der Waals surface area contributed by atoms with Crippen molar-refractivity contribution >= 4 is 11.8 Å². The van der Waals surface area contributed by atoms with Gasteiger partial charge in [0, 0.05) is 12.0 Å². The average molecular weight is 219 g/mol. The summed E-state index contributed by atoms with van der Waals surface area (Å²) < 4.78 is 5.32. The fourth-order valence-corrected chi connectivity index (χ4v) is 1.75. The van der Waals surface area contributed by atoms with Gasteiger partial charge in [0.05, 0.1) is 6.61 Å². The normalized spacial score (nSPS) is 15.1. The molecule has 0 bridgehead atoms. The Hall–Kier alpha value is -1.84. The number of carbonyl (C=O) groups is 2. The Labute approximate surface area is 93.6 Å². The molecule has 2 rings (SSSR count). The zero-order valence-electron chi connectivity index (χ0n) is 9.08. The highest BCUT2D eigenvalue weighted by molar-refractivity contribution is 6.06. The second-order valence-electron chi connectivity index (χ2n) is 3.63. The minimum atomic E-state index is -0.334. The van der Waals surface area contributed by atoms with Crippen molar-refractivity contribution in [3.8, 4) is 5.75 Å². The lowest BCUT2D eigenvalue weighted by molar-refractivity contribution is -0.119. The maximum absolute atomic E-state index is 11.7. The number of nitrogens with one attached hydrogen (secondary N) is 1. The summed E-state index contributed by atoms with van der Waals surface area (Å²) in [6.07, 6.45) is 0.950. The molecule has 84 valence electrons. The van der Waals surface area contributed by atoms with Crippen molar-refractivity contribution in [2.45, 2.75) is 19.8 Å². The van der Waals surface area contributed by atoms with Crippen molar-refractivity contribution in [3.63, 3.8) is 0 Å². The fourth-order valence-electron chi connectivity index (χ4n) is 1.75. The van der Waals surface area contributed by atoms with E-state index >= 15 is 0 Å². The van der Waals surface area contributed by atoms with Crippen molar-refractivity contribution in [2.24, 2.45) is 0 Å². The topological polar surface area (TPSA) is 55.4 Å². The van der Waals surface area contributed by atoms with Crippen LogP contribution in [0.2, 0.25) is 0 Å². The maximum atomic E-state index is 11.7. The molecule has 0 aliphatic carbocycles. The third-order valence-electron chi connectivity index (χ3n) is 2.51. The first-order chi connectivity index (χ1) is 7.70. The molecule has 0 aromatic heterocycles. The zero-order valence-corrected chi connectivity index (χ0v) is 9.08. The highest BCUT2D eigenvalue weighted by Crippen LogP contribution is 2.21. The summed E-state index contributed by atoms with van der Waals surface area (Å²) in [7, 11) is 0. The molecule has 16 heavy (non-hydrogen) atoms. The highest BCUT2D eigenvalue weighted by atomic mass is 16.5. The van der Waals surface area contributed by atoms with E-state index in [0.717, 1.165) is 5.56 Å². The number of hydrogen-bond acceptors (Lipinski definition) is 3. The van der Waals surface area contributed by atoms with Crippen molar-refractivity contribution < 1.29 is 14.3 Å². The predicted octanol–water partition coefficient (Wildman–Crippen LogP) is 1.29. The minimum absolute atomic E-state index is 0.223. The molecule has 4 heteroatoms. The van der Waals surface area contributed by atoms with Crippen LogP contribution in [0.15, 0.2) is 18.2 Å². The number of hydrogen-bond donors (Lipinski definition) is 1. The van der Waals surface area contributed by atoms with E-state index in [4.69, 9.17) is 4.74 Å². The molecule has 0 spiro atoms. The number of rotatable bonds is 2. The summed E-state index contributed by atoms with van der Waals surface area (Å²) in [5.41, 5.74) is 1.43. The van der Waals surface area contributed by atoms with Crippen LogP contribution in [0.25, 0.3) is 0 Å². The third-order valence-corrected chi connectivity index (χ3v) is 2.51. The maximum Gasteiger partial charge on any atom is 0.258 e. The lowest BCUT2D eigenvalue weighted by atomic mass is 10.0. The molecule has 1 aliphatic rings. The van der Waals surface area contributed by atoms with Gasteiger partial charge in [-0.25, -0.2) is 0 Å². The molecule has 1 N–H and O–H groups in total. The van der Waals surface area contributed by atoms with Crippen LogP contribution in [-0.2, 0) is 11.2 Å². The SMILES string of the molecule is CCOc1ccc2c(c1)C(=O)NC(=O)CC2. The summed E-state index contributed by atoms with van der Waals surface area (Å²) >= 11 is 0. The Morgan fingerprint density at radius 2 is 2.12 bits per heavy atom. The van der Waals surface area contributed by atoms with Crippen LogP contribution in [0.5, 0.6) is 5.75 Å². The van der Waals surface area contributed by atoms with Crippen LogP contribution in [0.3, 0.4) is 0 Å². The molecule has 1 heterocycles. The van der Waals surface area contributed by atoms with Gasteiger partial charge in [0.15, 0.2) is 0 Å². The molecule has 0 saturated carbocycles. The van der Waals surface area contributed by atoms with Gasteiger partial charge in [-0.3, -0.25) is 14.9 Å². The zero-order chi connectivity index (χ0) is 11.5. The summed E-state index contributed by atoms with van der Waals surface area (Å²) in [6.45, 7) is 2.44. The van der Waals surface area contributed by atoms with Gasteiger partial charge in [-0.2, -0.15) is 0 Å². The number of benzene rings is 1. The summed E-state index contributed by atoms with van der Waals surface area (Å²) in [5.74, 6) is 0.101. The first-order valence-electron chi connectivity index (χ1n) is 5.30. The van der Waals surface area contributed by atoms with Gasteiger partial charge >= 0.3 is 0 Å². The van der Waals surface area contributed by atoms with Crippen LogP contribution >= 0.6 is 0 Å². The summed E-state index contributed by atoms with van der Waals surface area (Å²) in [4.78, 5) is 22.9. The van der Waals surface area contributed by atoms with E-state index in [-0.39, 0.29) is 11.8 Å². The molecular formula is C12H13NO3. The van der Waals surface area contributed by atoms with E-state index in [2.05, 4.69) is 5.32 Å².